The standard InChI is InChI=1S/C15H21NOS2/c1-3-16(4-2)15(18)19-11-10-14(17)12-13-8-6-5-7-9-13/h5-9H,3-4,10-12H2,1-2H3. The number of thioether (sulfide) groups is 1. The van der Waals surface area contributed by atoms with Crippen LogP contribution in [0.1, 0.15) is 25.8 Å². The van der Waals surface area contributed by atoms with E-state index in [0.717, 1.165) is 28.7 Å². The van der Waals surface area contributed by atoms with E-state index in [0.29, 0.717) is 12.8 Å². The van der Waals surface area contributed by atoms with Crippen molar-refractivity contribution in [2.24, 2.45) is 0 Å². The first-order chi connectivity index (χ1) is 9.17. The van der Waals surface area contributed by atoms with Gasteiger partial charge in [-0.25, -0.2) is 0 Å². The molecule has 0 fully saturated rings. The number of carbonyl (C=O) groups excluding carboxylic acids is 1. The molecule has 1 aromatic carbocycles. The zero-order chi connectivity index (χ0) is 14.1. The van der Waals surface area contributed by atoms with Crippen molar-refractivity contribution in [1.29, 1.82) is 0 Å². The summed E-state index contributed by atoms with van der Waals surface area (Å²) in [5.41, 5.74) is 1.09. The fourth-order valence-corrected chi connectivity index (χ4v) is 3.19. The number of hydrogen-bond acceptors (Lipinski definition) is 3. The van der Waals surface area contributed by atoms with Gasteiger partial charge in [-0.2, -0.15) is 0 Å². The van der Waals surface area contributed by atoms with E-state index in [2.05, 4.69) is 18.7 Å². The second-order valence-corrected chi connectivity index (χ2v) is 5.97. The quantitative estimate of drug-likeness (QED) is 0.717. The lowest BCUT2D eigenvalue weighted by molar-refractivity contribution is -0.118. The van der Waals surface area contributed by atoms with Crippen LogP contribution < -0.4 is 0 Å². The minimum atomic E-state index is 0.279. The number of benzene rings is 1. The number of rotatable bonds is 7. The van der Waals surface area contributed by atoms with Crippen molar-refractivity contribution in [2.45, 2.75) is 26.7 Å². The molecule has 0 aliphatic heterocycles. The van der Waals surface area contributed by atoms with E-state index >= 15 is 0 Å². The predicted molar refractivity (Wildman–Crippen MR) is 87.7 cm³/mol. The highest BCUT2D eigenvalue weighted by Gasteiger charge is 2.08. The monoisotopic (exact) mass is 295 g/mol. The maximum atomic E-state index is 11.8. The molecule has 104 valence electrons. The Bertz CT molecular complexity index is 402. The number of carbonyl (C=O) groups is 1. The van der Waals surface area contributed by atoms with Gasteiger partial charge in [-0.1, -0.05) is 54.3 Å². The highest BCUT2D eigenvalue weighted by molar-refractivity contribution is 8.22. The third kappa shape index (κ3) is 6.21. The number of hydrogen-bond donors (Lipinski definition) is 0. The third-order valence-corrected chi connectivity index (χ3v) is 4.40. The SMILES string of the molecule is CCN(CC)C(=S)SCCC(=O)Cc1ccccc1. The predicted octanol–water partition coefficient (Wildman–Crippen LogP) is 3.55. The molecule has 0 amide bonds. The van der Waals surface area contributed by atoms with E-state index in [1.165, 1.54) is 0 Å². The van der Waals surface area contributed by atoms with Crippen LogP contribution in [0.4, 0.5) is 0 Å². The second-order valence-electron chi connectivity index (χ2n) is 4.24. The Labute approximate surface area is 125 Å². The van der Waals surface area contributed by atoms with Crippen molar-refractivity contribution in [3.63, 3.8) is 0 Å². The van der Waals surface area contributed by atoms with Crippen molar-refractivity contribution < 1.29 is 4.79 Å². The summed E-state index contributed by atoms with van der Waals surface area (Å²) in [6.45, 7) is 6.05. The lowest BCUT2D eigenvalue weighted by atomic mass is 10.1. The molecule has 1 aromatic rings. The minimum Gasteiger partial charge on any atom is -0.358 e. The number of nitrogens with zero attached hydrogens (tertiary/aromatic N) is 1. The van der Waals surface area contributed by atoms with Crippen molar-refractivity contribution in [2.75, 3.05) is 18.8 Å². The van der Waals surface area contributed by atoms with Crippen LogP contribution in [0.25, 0.3) is 0 Å². The van der Waals surface area contributed by atoms with Gasteiger partial charge in [0.15, 0.2) is 0 Å². The smallest absolute Gasteiger partial charge is 0.138 e. The Hall–Kier alpha value is -0.870. The van der Waals surface area contributed by atoms with Gasteiger partial charge in [-0.15, -0.1) is 0 Å². The Morgan fingerprint density at radius 2 is 1.84 bits per heavy atom. The van der Waals surface area contributed by atoms with Crippen LogP contribution in [0, 0.1) is 0 Å². The molecule has 2 nitrogen and oxygen atoms in total. The first-order valence-electron chi connectivity index (χ1n) is 6.64. The molecule has 0 radical (unpaired) electrons. The van der Waals surface area contributed by atoms with Crippen LogP contribution >= 0.6 is 24.0 Å². The normalized spacial score (nSPS) is 10.2. The Morgan fingerprint density at radius 1 is 1.21 bits per heavy atom. The van der Waals surface area contributed by atoms with E-state index in [9.17, 15) is 4.79 Å². The molecule has 0 spiro atoms. The molecule has 0 heterocycles. The Balaban J connectivity index is 2.26. The summed E-state index contributed by atoms with van der Waals surface area (Å²) in [4.78, 5) is 14.0. The van der Waals surface area contributed by atoms with Gasteiger partial charge in [0.2, 0.25) is 0 Å². The number of Topliss-reactive ketones (excluding diaryl/α,β-unsaturated/α-hetero) is 1. The molecule has 1 rings (SSSR count). The summed E-state index contributed by atoms with van der Waals surface area (Å²) >= 11 is 6.94. The molecule has 0 saturated carbocycles. The maximum absolute atomic E-state index is 11.8. The molecule has 19 heavy (non-hydrogen) atoms. The molecule has 0 N–H and O–H groups in total. The molecule has 0 aromatic heterocycles. The lowest BCUT2D eigenvalue weighted by Crippen LogP contribution is -2.27. The van der Waals surface area contributed by atoms with Crippen LogP contribution in [0.5, 0.6) is 0 Å². The van der Waals surface area contributed by atoms with E-state index in [4.69, 9.17) is 12.2 Å². The van der Waals surface area contributed by atoms with E-state index in [-0.39, 0.29) is 5.78 Å². The summed E-state index contributed by atoms with van der Waals surface area (Å²) in [7, 11) is 0. The van der Waals surface area contributed by atoms with Gasteiger partial charge in [-0.05, 0) is 19.4 Å². The fraction of sp³-hybridized carbons (Fsp3) is 0.467. The molecule has 0 unspecified atom stereocenters. The maximum Gasteiger partial charge on any atom is 0.138 e. The third-order valence-electron chi connectivity index (χ3n) is 2.87. The Kier molecular flexibility index (Phi) is 7.75. The average Bonchev–Trinajstić information content (AvgIpc) is 2.41. The molecular formula is C15H21NOS2. The van der Waals surface area contributed by atoms with Gasteiger partial charge in [0.1, 0.15) is 10.1 Å². The van der Waals surface area contributed by atoms with Gasteiger partial charge < -0.3 is 4.90 Å². The van der Waals surface area contributed by atoms with Crippen LogP contribution in [0.2, 0.25) is 0 Å². The zero-order valence-electron chi connectivity index (χ0n) is 11.6. The molecule has 0 atom stereocenters. The summed E-state index contributed by atoms with van der Waals surface area (Å²) in [5.74, 6) is 1.06. The van der Waals surface area contributed by atoms with Crippen LogP contribution in [-0.4, -0.2) is 33.8 Å². The highest BCUT2D eigenvalue weighted by atomic mass is 32.2. The highest BCUT2D eigenvalue weighted by Crippen LogP contribution is 2.12. The lowest BCUT2D eigenvalue weighted by Gasteiger charge is -2.20. The van der Waals surface area contributed by atoms with Gasteiger partial charge in [0.05, 0.1) is 0 Å². The van der Waals surface area contributed by atoms with Crippen LogP contribution in [0.15, 0.2) is 30.3 Å². The summed E-state index contributed by atoms with van der Waals surface area (Å²) in [6, 6.07) is 9.88. The van der Waals surface area contributed by atoms with Crippen molar-refractivity contribution in [3.8, 4) is 0 Å². The molecule has 4 heteroatoms. The molecule has 0 aliphatic carbocycles. The van der Waals surface area contributed by atoms with Crippen molar-refractivity contribution in [1.82, 2.24) is 4.90 Å². The molecular weight excluding hydrogens is 274 g/mol. The average molecular weight is 295 g/mol. The van der Waals surface area contributed by atoms with Crippen LogP contribution in [0.3, 0.4) is 0 Å². The van der Waals surface area contributed by atoms with E-state index in [1.54, 1.807) is 11.8 Å². The number of ketones is 1. The molecule has 0 bridgehead atoms. The van der Waals surface area contributed by atoms with Gasteiger partial charge >= 0.3 is 0 Å². The van der Waals surface area contributed by atoms with Crippen LogP contribution in [-0.2, 0) is 11.2 Å². The van der Waals surface area contributed by atoms with Crippen molar-refractivity contribution >= 4 is 34.1 Å². The molecule has 0 saturated heterocycles. The van der Waals surface area contributed by atoms with Gasteiger partial charge in [0, 0.05) is 31.7 Å². The summed E-state index contributed by atoms with van der Waals surface area (Å²) in [6.07, 6.45) is 1.11. The van der Waals surface area contributed by atoms with Crippen molar-refractivity contribution in [3.05, 3.63) is 35.9 Å². The largest absolute Gasteiger partial charge is 0.358 e. The fourth-order valence-electron chi connectivity index (χ4n) is 1.74. The minimum absolute atomic E-state index is 0.279. The van der Waals surface area contributed by atoms with Gasteiger partial charge in [0.25, 0.3) is 0 Å². The van der Waals surface area contributed by atoms with Gasteiger partial charge in [-0.3, -0.25) is 4.79 Å². The van der Waals surface area contributed by atoms with E-state index < -0.39 is 0 Å². The number of thiocarbonyl (C=S) groups is 1. The second kappa shape index (κ2) is 9.10. The zero-order valence-corrected chi connectivity index (χ0v) is 13.2. The summed E-state index contributed by atoms with van der Waals surface area (Å²) in [5, 5.41) is 0. The van der Waals surface area contributed by atoms with E-state index in [1.807, 2.05) is 30.3 Å². The topological polar surface area (TPSA) is 20.3 Å². The Morgan fingerprint density at radius 3 is 2.42 bits per heavy atom. The summed E-state index contributed by atoms with van der Waals surface area (Å²) < 4.78 is 0.900. The molecule has 0 aliphatic rings. The first-order valence-corrected chi connectivity index (χ1v) is 8.04. The first kappa shape index (κ1) is 16.2.